The van der Waals surface area contributed by atoms with Gasteiger partial charge in [-0.3, -0.25) is 0 Å². The highest BCUT2D eigenvalue weighted by Crippen LogP contribution is 2.33. The van der Waals surface area contributed by atoms with E-state index in [0.29, 0.717) is 0 Å². The zero-order valence-corrected chi connectivity index (χ0v) is 9.39. The third-order valence-corrected chi connectivity index (χ3v) is 2.07. The van der Waals surface area contributed by atoms with Gasteiger partial charge in [-0.15, -0.1) is 13.2 Å². The number of nitriles is 1. The number of methoxy groups -OCH3 is 1. The van der Waals surface area contributed by atoms with Crippen molar-refractivity contribution in [1.29, 1.82) is 5.26 Å². The summed E-state index contributed by atoms with van der Waals surface area (Å²) in [5.74, 6) is -1.02. The van der Waals surface area contributed by atoms with Gasteiger partial charge in [0, 0.05) is 6.07 Å². The average molecular weight is 297 g/mol. The van der Waals surface area contributed by atoms with Crippen LogP contribution in [0, 0.1) is 11.3 Å². The van der Waals surface area contributed by atoms with Crippen molar-refractivity contribution >= 4 is 15.9 Å². The van der Waals surface area contributed by atoms with Crippen molar-refractivity contribution < 1.29 is 22.6 Å². The minimum Gasteiger partial charge on any atom is -0.491 e. The van der Waals surface area contributed by atoms with Crippen molar-refractivity contribution in [1.82, 2.24) is 4.98 Å². The maximum atomic E-state index is 12.0. The van der Waals surface area contributed by atoms with Crippen LogP contribution in [-0.4, -0.2) is 18.5 Å². The van der Waals surface area contributed by atoms with Crippen LogP contribution >= 0.6 is 15.9 Å². The Morgan fingerprint density at radius 1 is 1.50 bits per heavy atom. The number of hydrogen-bond donors (Lipinski definition) is 0. The molecule has 0 aliphatic carbocycles. The number of rotatable bonds is 2. The lowest BCUT2D eigenvalue weighted by Gasteiger charge is -2.11. The topological polar surface area (TPSA) is 55.1 Å². The zero-order chi connectivity index (χ0) is 12.3. The first kappa shape index (κ1) is 12.6. The molecule has 0 saturated heterocycles. The molecule has 4 nitrogen and oxygen atoms in total. The van der Waals surface area contributed by atoms with E-state index in [1.807, 2.05) is 0 Å². The summed E-state index contributed by atoms with van der Waals surface area (Å²) in [7, 11) is 1.15. The van der Waals surface area contributed by atoms with Crippen LogP contribution in [0.25, 0.3) is 0 Å². The van der Waals surface area contributed by atoms with Crippen molar-refractivity contribution in [2.45, 2.75) is 6.36 Å². The Bertz CT molecular complexity index is 442. The fourth-order valence-electron chi connectivity index (χ4n) is 0.864. The Hall–Kier alpha value is -1.49. The van der Waals surface area contributed by atoms with Gasteiger partial charge in [-0.05, 0) is 15.9 Å². The molecule has 0 saturated carbocycles. The Morgan fingerprint density at radius 3 is 2.56 bits per heavy atom. The van der Waals surface area contributed by atoms with E-state index in [2.05, 4.69) is 30.4 Å². The van der Waals surface area contributed by atoms with E-state index < -0.39 is 12.2 Å². The van der Waals surface area contributed by atoms with Crippen LogP contribution < -0.4 is 9.47 Å². The summed E-state index contributed by atoms with van der Waals surface area (Å²) in [6.45, 7) is 0. The summed E-state index contributed by atoms with van der Waals surface area (Å²) < 4.78 is 44.1. The molecule has 1 heterocycles. The second kappa shape index (κ2) is 4.57. The number of nitrogens with zero attached hydrogens (tertiary/aromatic N) is 2. The van der Waals surface area contributed by atoms with Crippen LogP contribution in [0.2, 0.25) is 0 Å². The SMILES string of the molecule is COc1cc(C#N)c(Br)nc1OC(F)(F)F. The number of aromatic nitrogens is 1. The Morgan fingerprint density at radius 2 is 2.12 bits per heavy atom. The van der Waals surface area contributed by atoms with Crippen molar-refractivity contribution in [3.63, 3.8) is 0 Å². The highest BCUT2D eigenvalue weighted by Gasteiger charge is 2.33. The van der Waals surface area contributed by atoms with Crippen molar-refractivity contribution in [2.75, 3.05) is 7.11 Å². The van der Waals surface area contributed by atoms with Gasteiger partial charge in [-0.2, -0.15) is 5.26 Å². The number of ether oxygens (including phenoxy) is 2. The fraction of sp³-hybridized carbons (Fsp3) is 0.250. The molecule has 0 unspecified atom stereocenters. The second-order valence-corrected chi connectivity index (χ2v) is 3.24. The van der Waals surface area contributed by atoms with E-state index in [9.17, 15) is 13.2 Å². The third kappa shape index (κ3) is 3.00. The summed E-state index contributed by atoms with van der Waals surface area (Å²) in [5, 5.41) is 8.62. The highest BCUT2D eigenvalue weighted by atomic mass is 79.9. The van der Waals surface area contributed by atoms with Gasteiger partial charge in [0.2, 0.25) is 0 Å². The maximum Gasteiger partial charge on any atom is 0.574 e. The molecule has 0 atom stereocenters. The monoisotopic (exact) mass is 296 g/mol. The van der Waals surface area contributed by atoms with Crippen molar-refractivity contribution in [3.8, 4) is 17.7 Å². The smallest absolute Gasteiger partial charge is 0.491 e. The molecule has 1 aromatic heterocycles. The molecule has 86 valence electrons. The Balaban J connectivity index is 3.20. The van der Waals surface area contributed by atoms with Gasteiger partial charge in [0.1, 0.15) is 10.7 Å². The van der Waals surface area contributed by atoms with Crippen LogP contribution in [0.4, 0.5) is 13.2 Å². The second-order valence-electron chi connectivity index (χ2n) is 2.49. The molecule has 0 radical (unpaired) electrons. The van der Waals surface area contributed by atoms with Gasteiger partial charge in [-0.25, -0.2) is 4.98 Å². The highest BCUT2D eigenvalue weighted by molar-refractivity contribution is 9.10. The molecule has 0 aromatic carbocycles. The van der Waals surface area contributed by atoms with Crippen LogP contribution in [0.5, 0.6) is 11.6 Å². The van der Waals surface area contributed by atoms with E-state index >= 15 is 0 Å². The summed E-state index contributed by atoms with van der Waals surface area (Å²) >= 11 is 2.84. The van der Waals surface area contributed by atoms with Gasteiger partial charge < -0.3 is 9.47 Å². The minimum atomic E-state index is -4.87. The number of pyridine rings is 1. The number of hydrogen-bond acceptors (Lipinski definition) is 4. The minimum absolute atomic E-state index is 0.0462. The van der Waals surface area contributed by atoms with E-state index in [4.69, 9.17) is 5.26 Å². The molecule has 16 heavy (non-hydrogen) atoms. The summed E-state index contributed by atoms with van der Waals surface area (Å²) in [6, 6.07) is 2.83. The van der Waals surface area contributed by atoms with Crippen molar-refractivity contribution in [3.05, 3.63) is 16.2 Å². The molecule has 0 fully saturated rings. The van der Waals surface area contributed by atoms with Crippen LogP contribution in [0.15, 0.2) is 10.7 Å². The molecule has 0 aliphatic rings. The van der Waals surface area contributed by atoms with E-state index in [0.717, 1.165) is 13.2 Å². The normalized spacial score (nSPS) is 10.8. The first-order valence-corrected chi connectivity index (χ1v) is 4.57. The molecule has 1 aromatic rings. The molecule has 0 N–H and O–H groups in total. The molecule has 0 bridgehead atoms. The molecular formula is C8H4BrF3N2O2. The molecule has 0 spiro atoms. The molecule has 0 aliphatic heterocycles. The lowest BCUT2D eigenvalue weighted by atomic mass is 10.3. The van der Waals surface area contributed by atoms with Gasteiger partial charge in [0.15, 0.2) is 5.75 Å². The van der Waals surface area contributed by atoms with Crippen LogP contribution in [0.1, 0.15) is 5.56 Å². The first-order chi connectivity index (χ1) is 7.37. The van der Waals surface area contributed by atoms with E-state index in [1.54, 1.807) is 6.07 Å². The molecule has 1 rings (SSSR count). The Labute approximate surface area is 96.7 Å². The quantitative estimate of drug-likeness (QED) is 0.787. The number of alkyl halides is 3. The molecule has 0 amide bonds. The van der Waals surface area contributed by atoms with E-state index in [-0.39, 0.29) is 15.9 Å². The number of halogens is 4. The van der Waals surface area contributed by atoms with Gasteiger partial charge >= 0.3 is 6.36 Å². The lowest BCUT2D eigenvalue weighted by Crippen LogP contribution is -2.18. The third-order valence-electron chi connectivity index (χ3n) is 1.46. The summed E-state index contributed by atoms with van der Waals surface area (Å²) in [4.78, 5) is 3.43. The lowest BCUT2D eigenvalue weighted by molar-refractivity contribution is -0.276. The van der Waals surface area contributed by atoms with Gasteiger partial charge in [-0.1, -0.05) is 0 Å². The molecular weight excluding hydrogens is 293 g/mol. The standard InChI is InChI=1S/C8H4BrF3N2O2/c1-15-5-2-4(3-13)6(9)14-7(5)16-8(10,11)12/h2H,1H3. The van der Waals surface area contributed by atoms with Crippen LogP contribution in [0.3, 0.4) is 0 Å². The zero-order valence-electron chi connectivity index (χ0n) is 7.80. The average Bonchev–Trinajstić information content (AvgIpc) is 2.16. The van der Waals surface area contributed by atoms with Crippen molar-refractivity contribution in [2.24, 2.45) is 0 Å². The summed E-state index contributed by atoms with van der Waals surface area (Å²) in [5.41, 5.74) is 0.0476. The van der Waals surface area contributed by atoms with Gasteiger partial charge in [0.05, 0.1) is 12.7 Å². The Kier molecular flexibility index (Phi) is 3.59. The predicted octanol–water partition coefficient (Wildman–Crippen LogP) is 2.62. The maximum absolute atomic E-state index is 12.0. The van der Waals surface area contributed by atoms with E-state index in [1.165, 1.54) is 0 Å². The molecule has 8 heteroatoms. The predicted molar refractivity (Wildman–Crippen MR) is 49.9 cm³/mol. The first-order valence-electron chi connectivity index (χ1n) is 3.77. The fourth-order valence-corrected chi connectivity index (χ4v) is 1.23. The largest absolute Gasteiger partial charge is 0.574 e. The summed E-state index contributed by atoms with van der Waals surface area (Å²) in [6.07, 6.45) is -4.87. The van der Waals surface area contributed by atoms with Gasteiger partial charge in [0.25, 0.3) is 5.88 Å². The van der Waals surface area contributed by atoms with Crippen LogP contribution in [-0.2, 0) is 0 Å².